The monoisotopic (exact) mass is 743 g/mol. The van der Waals surface area contributed by atoms with Crippen LogP contribution in [0.4, 0.5) is 0 Å². The van der Waals surface area contributed by atoms with Crippen LogP contribution in [0.15, 0.2) is 119 Å². The minimum atomic E-state index is -4.38. The van der Waals surface area contributed by atoms with Crippen LogP contribution < -0.4 is 0 Å². The van der Waals surface area contributed by atoms with Gasteiger partial charge >= 0.3 is 5.97 Å². The molecule has 8 nitrogen and oxygen atoms in total. The average Bonchev–Trinajstić information content (AvgIpc) is 3.06. The van der Waals surface area contributed by atoms with Crippen molar-refractivity contribution in [3.8, 4) is 16.9 Å². The standard InChI is InChI=1S/C35H28Cl3NO7S2/c36-29-19-31(38)34(40)33(20-29)48(45,46)39(21-24-9-11-27(12-10-24)26-7-2-1-3-8-26)22-25-6-4-5-23(17-25)15-16-47(43,44)32-18-28(35(41)42)13-14-30(32)37/h1-14,17-20,40H,15-16,21-22H2,(H,41,42). The molecule has 248 valence electrons. The number of carbonyl (C=O) groups is 1. The molecule has 0 amide bonds. The van der Waals surface area contributed by atoms with Gasteiger partial charge in [0.05, 0.1) is 26.3 Å². The van der Waals surface area contributed by atoms with E-state index in [0.717, 1.165) is 23.3 Å². The Balaban J connectivity index is 1.43. The van der Waals surface area contributed by atoms with E-state index in [-0.39, 0.29) is 50.8 Å². The molecule has 0 aliphatic rings. The molecule has 0 spiro atoms. The number of hydrogen-bond acceptors (Lipinski definition) is 6. The lowest BCUT2D eigenvalue weighted by Gasteiger charge is -2.24. The molecule has 48 heavy (non-hydrogen) atoms. The number of phenolic OH excluding ortho intramolecular Hbond substituents is 1. The summed E-state index contributed by atoms with van der Waals surface area (Å²) in [7, 11) is -8.35. The third-order valence-corrected chi connectivity index (χ3v) is 12.1. The molecule has 5 rings (SSSR count). The summed E-state index contributed by atoms with van der Waals surface area (Å²) in [5.74, 6) is -2.28. The number of phenols is 1. The largest absolute Gasteiger partial charge is 0.505 e. The number of rotatable bonds is 12. The lowest BCUT2D eigenvalue weighted by molar-refractivity contribution is 0.0696. The first-order valence-electron chi connectivity index (χ1n) is 14.4. The van der Waals surface area contributed by atoms with Crippen molar-refractivity contribution < 1.29 is 31.8 Å². The number of carboxylic acids is 1. The minimum Gasteiger partial charge on any atom is -0.505 e. The number of benzene rings is 5. The number of sulfonamides is 1. The number of carboxylic acid groups (broad SMARTS) is 1. The Hall–Kier alpha value is -3.90. The molecule has 5 aromatic carbocycles. The highest BCUT2D eigenvalue weighted by Gasteiger charge is 2.30. The molecule has 0 saturated heterocycles. The smallest absolute Gasteiger partial charge is 0.335 e. The molecular weight excluding hydrogens is 717 g/mol. The van der Waals surface area contributed by atoms with E-state index in [2.05, 4.69) is 0 Å². The van der Waals surface area contributed by atoms with E-state index in [1.165, 1.54) is 22.5 Å². The Morgan fingerprint density at radius 3 is 1.98 bits per heavy atom. The first-order chi connectivity index (χ1) is 22.7. The number of halogens is 3. The van der Waals surface area contributed by atoms with Crippen molar-refractivity contribution >= 4 is 60.6 Å². The fraction of sp³-hybridized carbons (Fsp3) is 0.114. The Bertz CT molecular complexity index is 2190. The van der Waals surface area contributed by atoms with E-state index in [4.69, 9.17) is 34.8 Å². The van der Waals surface area contributed by atoms with Crippen molar-refractivity contribution in [3.63, 3.8) is 0 Å². The number of nitrogens with zero attached hydrogens (tertiary/aromatic N) is 1. The predicted molar refractivity (Wildman–Crippen MR) is 187 cm³/mol. The van der Waals surface area contributed by atoms with Gasteiger partial charge in [-0.2, -0.15) is 4.31 Å². The summed E-state index contributed by atoms with van der Waals surface area (Å²) in [4.78, 5) is 10.7. The van der Waals surface area contributed by atoms with Crippen molar-refractivity contribution in [1.29, 1.82) is 0 Å². The van der Waals surface area contributed by atoms with Gasteiger partial charge in [-0.15, -0.1) is 0 Å². The van der Waals surface area contributed by atoms with Crippen molar-refractivity contribution in [2.75, 3.05) is 5.75 Å². The van der Waals surface area contributed by atoms with Crippen LogP contribution in [0.5, 0.6) is 5.75 Å². The molecular formula is C35H28Cl3NO7S2. The van der Waals surface area contributed by atoms with Crippen LogP contribution in [0.1, 0.15) is 27.0 Å². The van der Waals surface area contributed by atoms with Crippen molar-refractivity contribution in [2.45, 2.75) is 29.3 Å². The zero-order valence-electron chi connectivity index (χ0n) is 25.1. The second-order valence-electron chi connectivity index (χ2n) is 10.9. The summed E-state index contributed by atoms with van der Waals surface area (Å²) >= 11 is 18.3. The summed E-state index contributed by atoms with van der Waals surface area (Å²) in [6.07, 6.45) is 0.0438. The zero-order chi connectivity index (χ0) is 34.6. The van der Waals surface area contributed by atoms with Gasteiger partial charge in [0.2, 0.25) is 10.0 Å². The first kappa shape index (κ1) is 35.4. The van der Waals surface area contributed by atoms with E-state index in [1.54, 1.807) is 24.3 Å². The molecule has 13 heteroatoms. The summed E-state index contributed by atoms with van der Waals surface area (Å²) in [5, 5.41) is 19.7. The maximum atomic E-state index is 14.1. The van der Waals surface area contributed by atoms with Gasteiger partial charge in [0.15, 0.2) is 15.6 Å². The zero-order valence-corrected chi connectivity index (χ0v) is 29.0. The summed E-state index contributed by atoms with van der Waals surface area (Å²) in [6.45, 7) is -0.211. The first-order valence-corrected chi connectivity index (χ1v) is 18.6. The third kappa shape index (κ3) is 8.20. The summed E-state index contributed by atoms with van der Waals surface area (Å²) < 4.78 is 55.6. The van der Waals surface area contributed by atoms with Crippen LogP contribution >= 0.6 is 34.8 Å². The summed E-state index contributed by atoms with van der Waals surface area (Å²) in [5.41, 5.74) is 3.57. The lowest BCUT2D eigenvalue weighted by Crippen LogP contribution is -2.30. The second kappa shape index (κ2) is 14.7. The van der Waals surface area contributed by atoms with Crippen LogP contribution in [0, 0.1) is 0 Å². The SMILES string of the molecule is O=C(O)c1ccc(Cl)c(S(=O)(=O)CCc2cccc(CN(Cc3ccc(-c4ccccc4)cc3)S(=O)(=O)c3cc(Cl)cc(Cl)c3O)c2)c1. The predicted octanol–water partition coefficient (Wildman–Crippen LogP) is 8.13. The molecule has 0 aliphatic carbocycles. The van der Waals surface area contributed by atoms with Crippen molar-refractivity contribution in [1.82, 2.24) is 4.31 Å². The van der Waals surface area contributed by atoms with Crippen LogP contribution in [-0.2, 0) is 39.4 Å². The number of hydrogen-bond donors (Lipinski definition) is 2. The molecule has 0 aromatic heterocycles. The molecule has 0 fully saturated rings. The van der Waals surface area contributed by atoms with Gasteiger partial charge in [0.25, 0.3) is 0 Å². The Morgan fingerprint density at radius 1 is 0.646 bits per heavy atom. The topological polar surface area (TPSA) is 129 Å². The molecule has 0 radical (unpaired) electrons. The maximum Gasteiger partial charge on any atom is 0.335 e. The third-order valence-electron chi connectivity index (χ3n) is 7.55. The summed E-state index contributed by atoms with van der Waals surface area (Å²) in [6, 6.07) is 29.8. The van der Waals surface area contributed by atoms with Crippen molar-refractivity contribution in [2.24, 2.45) is 0 Å². The number of aromatic hydroxyl groups is 1. The van der Waals surface area contributed by atoms with E-state index in [9.17, 15) is 31.8 Å². The van der Waals surface area contributed by atoms with E-state index < -0.39 is 36.5 Å². The molecule has 0 aliphatic heterocycles. The Kier molecular flexibility index (Phi) is 10.8. The van der Waals surface area contributed by atoms with Gasteiger partial charge in [0.1, 0.15) is 4.90 Å². The molecule has 0 bridgehead atoms. The normalized spacial score (nSPS) is 11.9. The minimum absolute atomic E-state index is 0.0285. The fourth-order valence-electron chi connectivity index (χ4n) is 5.06. The quantitative estimate of drug-likeness (QED) is 0.132. The molecule has 2 N–H and O–H groups in total. The average molecular weight is 745 g/mol. The van der Waals surface area contributed by atoms with Gasteiger partial charge in [-0.1, -0.05) is 114 Å². The highest BCUT2D eigenvalue weighted by Crippen LogP contribution is 2.37. The number of sulfone groups is 1. The van der Waals surface area contributed by atoms with E-state index in [0.29, 0.717) is 16.7 Å². The van der Waals surface area contributed by atoms with Gasteiger partial charge < -0.3 is 10.2 Å². The van der Waals surface area contributed by atoms with Gasteiger partial charge in [0, 0.05) is 18.1 Å². The van der Waals surface area contributed by atoms with Crippen LogP contribution in [0.25, 0.3) is 11.1 Å². The van der Waals surface area contributed by atoms with Gasteiger partial charge in [-0.05, 0) is 64.6 Å². The van der Waals surface area contributed by atoms with Crippen LogP contribution in [-0.4, -0.2) is 43.1 Å². The van der Waals surface area contributed by atoms with E-state index in [1.807, 2.05) is 54.6 Å². The van der Waals surface area contributed by atoms with Crippen LogP contribution in [0.2, 0.25) is 15.1 Å². The lowest BCUT2D eigenvalue weighted by atomic mass is 10.0. The maximum absolute atomic E-state index is 14.1. The number of aromatic carboxylic acids is 1. The molecule has 0 heterocycles. The van der Waals surface area contributed by atoms with Gasteiger partial charge in [-0.3, -0.25) is 0 Å². The highest BCUT2D eigenvalue weighted by molar-refractivity contribution is 7.91. The molecule has 5 aromatic rings. The van der Waals surface area contributed by atoms with Crippen molar-refractivity contribution in [3.05, 3.63) is 147 Å². The Labute approximate surface area is 293 Å². The number of aryl methyl sites for hydroxylation is 1. The Morgan fingerprint density at radius 2 is 1.29 bits per heavy atom. The fourth-order valence-corrected chi connectivity index (χ4v) is 9.09. The molecule has 0 atom stereocenters. The molecule has 0 saturated carbocycles. The van der Waals surface area contributed by atoms with E-state index >= 15 is 0 Å². The van der Waals surface area contributed by atoms with Gasteiger partial charge in [-0.25, -0.2) is 21.6 Å². The van der Waals surface area contributed by atoms with Crippen LogP contribution in [0.3, 0.4) is 0 Å². The second-order valence-corrected chi connectivity index (χ2v) is 16.1. The molecule has 0 unspecified atom stereocenters. The highest BCUT2D eigenvalue weighted by atomic mass is 35.5.